The van der Waals surface area contributed by atoms with E-state index in [-0.39, 0.29) is 11.9 Å². The number of carboxylic acids is 1. The number of aliphatic carboxylic acids is 1. The smallest absolute Gasteiger partial charge is 0.331 e. The zero-order valence-corrected chi connectivity index (χ0v) is 17.0. The highest BCUT2D eigenvalue weighted by atomic mass is 16.5. The summed E-state index contributed by atoms with van der Waals surface area (Å²) in [6, 6.07) is 0. The van der Waals surface area contributed by atoms with Crippen LogP contribution in [0.3, 0.4) is 0 Å². The fraction of sp³-hybridized carbons (Fsp3) is 0.500. The van der Waals surface area contributed by atoms with E-state index in [1.807, 2.05) is 13.8 Å². The van der Waals surface area contributed by atoms with Crippen LogP contribution in [0.2, 0.25) is 0 Å². The van der Waals surface area contributed by atoms with Crippen molar-refractivity contribution in [2.24, 2.45) is 0 Å². The Bertz CT molecular complexity index is 494. The summed E-state index contributed by atoms with van der Waals surface area (Å²) in [7, 11) is 0. The van der Waals surface area contributed by atoms with Crippen LogP contribution < -0.4 is 0 Å². The maximum atomic E-state index is 10.6. The lowest BCUT2D eigenvalue weighted by atomic mass is 10.4. The quantitative estimate of drug-likeness (QED) is 0.243. The average molecular weight is 400 g/mol. The SMILES string of the molecule is C=CC(=O)OCC.C=CC(=O)OCCCC.CCCCOC(=O)/C=C\C(=O)O. The van der Waals surface area contributed by atoms with E-state index >= 15 is 0 Å². The Labute approximate surface area is 166 Å². The van der Waals surface area contributed by atoms with E-state index in [0.717, 1.165) is 43.9 Å². The zero-order valence-electron chi connectivity index (χ0n) is 17.0. The molecule has 0 aromatic heterocycles. The van der Waals surface area contributed by atoms with Gasteiger partial charge in [-0.2, -0.15) is 0 Å². The van der Waals surface area contributed by atoms with Crippen LogP contribution in [-0.2, 0) is 33.4 Å². The molecule has 0 aliphatic heterocycles. The predicted octanol–water partition coefficient (Wildman–Crippen LogP) is 3.22. The summed E-state index contributed by atoms with van der Waals surface area (Å²) in [5, 5.41) is 8.14. The lowest BCUT2D eigenvalue weighted by Gasteiger charge is -1.97. The number of esters is 3. The Morgan fingerprint density at radius 3 is 1.50 bits per heavy atom. The van der Waals surface area contributed by atoms with Crippen molar-refractivity contribution in [3.05, 3.63) is 37.5 Å². The molecule has 160 valence electrons. The summed E-state index contributed by atoms with van der Waals surface area (Å²) in [6.45, 7) is 13.5. The van der Waals surface area contributed by atoms with Crippen LogP contribution in [0.1, 0.15) is 46.5 Å². The van der Waals surface area contributed by atoms with E-state index in [2.05, 4.69) is 27.4 Å². The summed E-state index contributed by atoms with van der Waals surface area (Å²) in [4.78, 5) is 41.0. The first kappa shape index (κ1) is 29.8. The van der Waals surface area contributed by atoms with Crippen molar-refractivity contribution in [1.82, 2.24) is 0 Å². The second-order valence-electron chi connectivity index (χ2n) is 4.87. The molecule has 0 bridgehead atoms. The summed E-state index contributed by atoms with van der Waals surface area (Å²) < 4.78 is 13.8. The van der Waals surface area contributed by atoms with Crippen molar-refractivity contribution in [3.8, 4) is 0 Å². The van der Waals surface area contributed by atoms with Gasteiger partial charge in [0.05, 0.1) is 19.8 Å². The van der Waals surface area contributed by atoms with E-state index in [1.165, 1.54) is 6.08 Å². The minimum atomic E-state index is -1.15. The third-order valence-corrected chi connectivity index (χ3v) is 2.47. The molecule has 8 heteroatoms. The second kappa shape index (κ2) is 24.1. The molecule has 0 aromatic rings. The second-order valence-corrected chi connectivity index (χ2v) is 4.87. The van der Waals surface area contributed by atoms with Crippen LogP contribution >= 0.6 is 0 Å². The van der Waals surface area contributed by atoms with Gasteiger partial charge in [0.1, 0.15) is 0 Å². The Hall–Kier alpha value is -2.90. The molecular weight excluding hydrogens is 368 g/mol. The van der Waals surface area contributed by atoms with Gasteiger partial charge in [-0.25, -0.2) is 19.2 Å². The fourth-order valence-electron chi connectivity index (χ4n) is 1.08. The van der Waals surface area contributed by atoms with Crippen molar-refractivity contribution in [2.75, 3.05) is 19.8 Å². The van der Waals surface area contributed by atoms with Gasteiger partial charge < -0.3 is 19.3 Å². The van der Waals surface area contributed by atoms with Gasteiger partial charge >= 0.3 is 23.9 Å². The largest absolute Gasteiger partial charge is 0.478 e. The van der Waals surface area contributed by atoms with Crippen molar-refractivity contribution in [1.29, 1.82) is 0 Å². The van der Waals surface area contributed by atoms with E-state index in [9.17, 15) is 19.2 Å². The number of ether oxygens (including phenoxy) is 3. The molecule has 0 amide bonds. The molecule has 0 heterocycles. The molecule has 0 rings (SSSR count). The summed E-state index contributed by atoms with van der Waals surface area (Å²) in [5.41, 5.74) is 0. The van der Waals surface area contributed by atoms with E-state index in [4.69, 9.17) is 5.11 Å². The Balaban J connectivity index is -0.000000349. The summed E-state index contributed by atoms with van der Waals surface area (Å²) in [6.07, 6.45) is 7.69. The first-order chi connectivity index (χ1) is 13.3. The van der Waals surface area contributed by atoms with Gasteiger partial charge in [-0.1, -0.05) is 39.8 Å². The Morgan fingerprint density at radius 1 is 0.750 bits per heavy atom. The lowest BCUT2D eigenvalue weighted by Crippen LogP contribution is -2.02. The molecule has 8 nitrogen and oxygen atoms in total. The molecule has 0 atom stereocenters. The van der Waals surface area contributed by atoms with Crippen molar-refractivity contribution < 1.29 is 38.5 Å². The molecule has 28 heavy (non-hydrogen) atoms. The van der Waals surface area contributed by atoms with Gasteiger partial charge in [-0.3, -0.25) is 0 Å². The van der Waals surface area contributed by atoms with Gasteiger partial charge in [0, 0.05) is 24.3 Å². The Kier molecular flexibility index (Phi) is 25.7. The third kappa shape index (κ3) is 30.9. The van der Waals surface area contributed by atoms with E-state index in [1.54, 1.807) is 6.92 Å². The Morgan fingerprint density at radius 2 is 1.18 bits per heavy atom. The first-order valence-corrected chi connectivity index (χ1v) is 8.94. The number of rotatable bonds is 11. The normalized spacial score (nSPS) is 8.96. The maximum absolute atomic E-state index is 10.6. The monoisotopic (exact) mass is 400 g/mol. The number of carboxylic acid groups (broad SMARTS) is 1. The summed E-state index contributed by atoms with van der Waals surface area (Å²) in [5.74, 6) is -2.45. The highest BCUT2D eigenvalue weighted by molar-refractivity contribution is 5.90. The molecule has 0 saturated carbocycles. The van der Waals surface area contributed by atoms with Crippen molar-refractivity contribution >= 4 is 23.9 Å². The number of unbranched alkanes of at least 4 members (excludes halogenated alkanes) is 2. The molecule has 0 aliphatic rings. The van der Waals surface area contributed by atoms with Crippen LogP contribution in [0, 0.1) is 0 Å². The van der Waals surface area contributed by atoms with Gasteiger partial charge in [0.15, 0.2) is 0 Å². The minimum Gasteiger partial charge on any atom is -0.478 e. The zero-order chi connectivity index (χ0) is 22.2. The van der Waals surface area contributed by atoms with Crippen LogP contribution in [0.15, 0.2) is 37.5 Å². The molecule has 1 N–H and O–H groups in total. The minimum absolute atomic E-state index is 0.330. The van der Waals surface area contributed by atoms with Gasteiger partial charge in [-0.05, 0) is 19.8 Å². The third-order valence-electron chi connectivity index (χ3n) is 2.47. The number of hydrogen-bond donors (Lipinski definition) is 1. The topological polar surface area (TPSA) is 116 Å². The van der Waals surface area contributed by atoms with E-state index < -0.39 is 11.9 Å². The highest BCUT2D eigenvalue weighted by Gasteiger charge is 1.96. The van der Waals surface area contributed by atoms with Gasteiger partial charge in [0.25, 0.3) is 0 Å². The van der Waals surface area contributed by atoms with Crippen LogP contribution in [0.25, 0.3) is 0 Å². The average Bonchev–Trinajstić information content (AvgIpc) is 2.67. The molecule has 0 spiro atoms. The predicted molar refractivity (Wildman–Crippen MR) is 106 cm³/mol. The van der Waals surface area contributed by atoms with E-state index in [0.29, 0.717) is 19.8 Å². The molecule has 0 radical (unpaired) electrons. The molecule has 0 fully saturated rings. The maximum Gasteiger partial charge on any atom is 0.331 e. The molecule has 0 aromatic carbocycles. The van der Waals surface area contributed by atoms with Crippen LogP contribution in [0.4, 0.5) is 0 Å². The number of hydrogen-bond acceptors (Lipinski definition) is 7. The number of carbonyl (C=O) groups is 4. The molecule has 0 unspecified atom stereocenters. The molecular formula is C20H32O8. The summed E-state index contributed by atoms with van der Waals surface area (Å²) >= 11 is 0. The molecule has 0 aliphatic carbocycles. The van der Waals surface area contributed by atoms with Gasteiger partial charge in [-0.15, -0.1) is 0 Å². The highest BCUT2D eigenvalue weighted by Crippen LogP contribution is 1.89. The van der Waals surface area contributed by atoms with Gasteiger partial charge in [0.2, 0.25) is 0 Å². The van der Waals surface area contributed by atoms with Crippen molar-refractivity contribution in [3.63, 3.8) is 0 Å². The number of carbonyl (C=O) groups excluding carboxylic acids is 3. The molecule has 0 saturated heterocycles. The fourth-order valence-corrected chi connectivity index (χ4v) is 1.08. The first-order valence-electron chi connectivity index (χ1n) is 8.94. The van der Waals surface area contributed by atoms with Crippen LogP contribution in [0.5, 0.6) is 0 Å². The lowest BCUT2D eigenvalue weighted by molar-refractivity contribution is -0.139. The van der Waals surface area contributed by atoms with Crippen LogP contribution in [-0.4, -0.2) is 48.8 Å². The standard InChI is InChI=1S/C8H12O4.C7H12O2.C5H8O2/c1-2-3-6-12-8(11)5-4-7(9)10;1-3-5-6-9-7(8)4-2;1-3-5(6)7-4-2/h4-5H,2-3,6H2,1H3,(H,9,10);4H,2-3,5-6H2,1H3;3H,1,4H2,2H3/b5-4-;;. The van der Waals surface area contributed by atoms with Crippen molar-refractivity contribution in [2.45, 2.75) is 46.5 Å².